The molecule has 0 saturated carbocycles. The molecule has 1 atom stereocenters. The Morgan fingerprint density at radius 1 is 1.75 bits per heavy atom. The number of pyridine rings is 1. The van der Waals surface area contributed by atoms with Crippen molar-refractivity contribution in [3.05, 3.63) is 29.0 Å². The molecule has 1 unspecified atom stereocenters. The zero-order chi connectivity index (χ0) is 9.19. The Balaban J connectivity index is 3.10. The summed E-state index contributed by atoms with van der Waals surface area (Å²) in [5.74, 6) is 0. The number of rotatable bonds is 2. The summed E-state index contributed by atoms with van der Waals surface area (Å²) < 4.78 is 0. The highest BCUT2D eigenvalue weighted by atomic mass is 35.5. The van der Waals surface area contributed by atoms with Gasteiger partial charge in [0.15, 0.2) is 0 Å². The van der Waals surface area contributed by atoms with Crippen LogP contribution in [0, 0.1) is 0 Å². The maximum Gasteiger partial charge on any atom is 0.0651 e. The second-order valence-corrected chi connectivity index (χ2v) is 3.34. The normalized spacial score (nSPS) is 15.7. The van der Waals surface area contributed by atoms with Gasteiger partial charge in [-0.05, 0) is 13.0 Å². The Labute approximate surface area is 76.2 Å². The minimum Gasteiger partial charge on any atom is -0.394 e. The van der Waals surface area contributed by atoms with Gasteiger partial charge in [-0.3, -0.25) is 4.98 Å². The van der Waals surface area contributed by atoms with Crippen molar-refractivity contribution in [2.24, 2.45) is 5.73 Å². The molecule has 3 nitrogen and oxygen atoms in total. The van der Waals surface area contributed by atoms with Crippen LogP contribution in [0.5, 0.6) is 0 Å². The van der Waals surface area contributed by atoms with Gasteiger partial charge in [-0.1, -0.05) is 11.6 Å². The fourth-order valence-corrected chi connectivity index (χ4v) is 1.20. The van der Waals surface area contributed by atoms with Crippen molar-refractivity contribution >= 4 is 11.6 Å². The van der Waals surface area contributed by atoms with Gasteiger partial charge in [-0.25, -0.2) is 0 Å². The van der Waals surface area contributed by atoms with Crippen molar-refractivity contribution in [1.82, 2.24) is 4.98 Å². The van der Waals surface area contributed by atoms with Crippen LogP contribution in [0.15, 0.2) is 18.5 Å². The summed E-state index contributed by atoms with van der Waals surface area (Å²) in [6.07, 6.45) is 3.15. The van der Waals surface area contributed by atoms with E-state index in [1.807, 2.05) is 0 Å². The van der Waals surface area contributed by atoms with Crippen molar-refractivity contribution < 1.29 is 5.11 Å². The first kappa shape index (κ1) is 9.45. The highest BCUT2D eigenvalue weighted by Gasteiger charge is 2.22. The van der Waals surface area contributed by atoms with Gasteiger partial charge in [-0.15, -0.1) is 0 Å². The maximum atomic E-state index is 8.96. The number of aliphatic hydroxyl groups is 1. The molecule has 1 aromatic rings. The van der Waals surface area contributed by atoms with Crippen molar-refractivity contribution in [3.63, 3.8) is 0 Å². The third kappa shape index (κ3) is 1.75. The van der Waals surface area contributed by atoms with Crippen LogP contribution in [0.25, 0.3) is 0 Å². The third-order valence-corrected chi connectivity index (χ3v) is 2.04. The number of aromatic nitrogens is 1. The number of halogens is 1. The molecule has 1 heterocycles. The van der Waals surface area contributed by atoms with E-state index in [1.54, 1.807) is 25.4 Å². The molecule has 12 heavy (non-hydrogen) atoms. The van der Waals surface area contributed by atoms with E-state index in [9.17, 15) is 0 Å². The maximum absolute atomic E-state index is 8.96. The largest absolute Gasteiger partial charge is 0.394 e. The van der Waals surface area contributed by atoms with E-state index < -0.39 is 5.54 Å². The zero-order valence-electron chi connectivity index (χ0n) is 6.79. The predicted molar refractivity (Wildman–Crippen MR) is 47.9 cm³/mol. The molecule has 0 bridgehead atoms. The van der Waals surface area contributed by atoms with Crippen molar-refractivity contribution in [2.45, 2.75) is 12.5 Å². The molecule has 0 spiro atoms. The van der Waals surface area contributed by atoms with Gasteiger partial charge in [0.25, 0.3) is 0 Å². The molecular weight excluding hydrogens is 176 g/mol. The van der Waals surface area contributed by atoms with Gasteiger partial charge >= 0.3 is 0 Å². The second-order valence-electron chi connectivity index (χ2n) is 2.93. The first-order valence-corrected chi connectivity index (χ1v) is 3.95. The van der Waals surface area contributed by atoms with E-state index in [2.05, 4.69) is 4.98 Å². The number of aliphatic hydroxyl groups excluding tert-OH is 1. The minimum atomic E-state index is -0.814. The summed E-state index contributed by atoms with van der Waals surface area (Å²) in [7, 11) is 0. The smallest absolute Gasteiger partial charge is 0.0651 e. The lowest BCUT2D eigenvalue weighted by Crippen LogP contribution is -2.37. The summed E-state index contributed by atoms with van der Waals surface area (Å²) in [5.41, 5.74) is 5.61. The van der Waals surface area contributed by atoms with Crippen LogP contribution < -0.4 is 5.73 Å². The van der Waals surface area contributed by atoms with E-state index in [0.717, 1.165) is 0 Å². The Kier molecular flexibility index (Phi) is 2.67. The average molecular weight is 187 g/mol. The molecule has 1 aromatic heterocycles. The average Bonchev–Trinajstić information content (AvgIpc) is 2.05. The fraction of sp³-hybridized carbons (Fsp3) is 0.375. The molecule has 3 N–H and O–H groups in total. The van der Waals surface area contributed by atoms with Crippen LogP contribution in [-0.4, -0.2) is 16.7 Å². The highest BCUT2D eigenvalue weighted by Crippen LogP contribution is 2.23. The van der Waals surface area contributed by atoms with Gasteiger partial charge in [-0.2, -0.15) is 0 Å². The van der Waals surface area contributed by atoms with Crippen LogP contribution in [0.3, 0.4) is 0 Å². The van der Waals surface area contributed by atoms with Crippen LogP contribution >= 0.6 is 11.6 Å². The van der Waals surface area contributed by atoms with Crippen molar-refractivity contribution in [1.29, 1.82) is 0 Å². The predicted octanol–water partition coefficient (Wildman–Crippen LogP) is 0.901. The standard InChI is InChI=1S/C8H11ClN2O/c1-8(10,5-12)6-4-11-3-2-7(6)9/h2-4,12H,5,10H2,1H3. The number of nitrogens with two attached hydrogens (primary N) is 1. The Morgan fingerprint density at radius 2 is 2.42 bits per heavy atom. The van der Waals surface area contributed by atoms with Crippen LogP contribution in [0.4, 0.5) is 0 Å². The first-order chi connectivity index (χ1) is 5.58. The molecule has 0 aliphatic heterocycles. The lowest BCUT2D eigenvalue weighted by atomic mass is 9.96. The van der Waals surface area contributed by atoms with E-state index in [1.165, 1.54) is 0 Å². The molecule has 4 heteroatoms. The van der Waals surface area contributed by atoms with Crippen molar-refractivity contribution in [2.75, 3.05) is 6.61 Å². The Bertz CT molecular complexity index is 276. The number of nitrogens with zero attached hydrogens (tertiary/aromatic N) is 1. The van der Waals surface area contributed by atoms with Crippen LogP contribution in [-0.2, 0) is 5.54 Å². The van der Waals surface area contributed by atoms with Gasteiger partial charge in [0.2, 0.25) is 0 Å². The van der Waals surface area contributed by atoms with E-state index in [4.69, 9.17) is 22.4 Å². The molecule has 0 aliphatic carbocycles. The number of hydrogen-bond acceptors (Lipinski definition) is 3. The lowest BCUT2D eigenvalue weighted by molar-refractivity contribution is 0.210. The molecule has 0 aromatic carbocycles. The van der Waals surface area contributed by atoms with E-state index in [-0.39, 0.29) is 6.61 Å². The summed E-state index contributed by atoms with van der Waals surface area (Å²) in [6, 6.07) is 1.65. The molecule has 0 fully saturated rings. The molecule has 0 amide bonds. The third-order valence-electron chi connectivity index (χ3n) is 1.71. The van der Waals surface area contributed by atoms with Gasteiger partial charge in [0.05, 0.1) is 12.1 Å². The summed E-state index contributed by atoms with van der Waals surface area (Å²) >= 11 is 5.86. The fourth-order valence-electron chi connectivity index (χ4n) is 0.883. The van der Waals surface area contributed by atoms with Crippen LogP contribution in [0.2, 0.25) is 5.02 Å². The van der Waals surface area contributed by atoms with Gasteiger partial charge in [0.1, 0.15) is 0 Å². The molecule has 66 valence electrons. The topological polar surface area (TPSA) is 59.1 Å². The molecule has 0 radical (unpaired) electrons. The summed E-state index contributed by atoms with van der Waals surface area (Å²) in [4.78, 5) is 3.88. The molecule has 0 saturated heterocycles. The molecule has 0 aliphatic rings. The van der Waals surface area contributed by atoms with Gasteiger partial charge in [0, 0.05) is 23.0 Å². The quantitative estimate of drug-likeness (QED) is 0.722. The zero-order valence-corrected chi connectivity index (χ0v) is 7.54. The molecular formula is C8H11ClN2O. The SMILES string of the molecule is CC(N)(CO)c1cnccc1Cl. The molecule has 1 rings (SSSR count). The van der Waals surface area contributed by atoms with E-state index in [0.29, 0.717) is 10.6 Å². The highest BCUT2D eigenvalue weighted by molar-refractivity contribution is 6.31. The van der Waals surface area contributed by atoms with Crippen LogP contribution in [0.1, 0.15) is 12.5 Å². The summed E-state index contributed by atoms with van der Waals surface area (Å²) in [6.45, 7) is 1.55. The number of hydrogen-bond donors (Lipinski definition) is 2. The lowest BCUT2D eigenvalue weighted by Gasteiger charge is -2.22. The van der Waals surface area contributed by atoms with E-state index >= 15 is 0 Å². The Morgan fingerprint density at radius 3 is 2.92 bits per heavy atom. The van der Waals surface area contributed by atoms with Gasteiger partial charge < -0.3 is 10.8 Å². The van der Waals surface area contributed by atoms with Crippen molar-refractivity contribution in [3.8, 4) is 0 Å². The second kappa shape index (κ2) is 3.39. The first-order valence-electron chi connectivity index (χ1n) is 3.57. The Hall–Kier alpha value is -0.640. The monoisotopic (exact) mass is 186 g/mol. The minimum absolute atomic E-state index is 0.154. The summed E-state index contributed by atoms with van der Waals surface area (Å²) in [5, 5.41) is 9.49.